The number of rotatable bonds is 3. The zero-order valence-electron chi connectivity index (χ0n) is 13.4. The zero-order valence-corrected chi connectivity index (χ0v) is 14.1. The van der Waals surface area contributed by atoms with Gasteiger partial charge in [-0.15, -0.1) is 0 Å². The molecule has 0 radical (unpaired) electrons. The first-order valence-corrected chi connectivity index (χ1v) is 8.54. The lowest BCUT2D eigenvalue weighted by atomic mass is 10.0. The predicted octanol–water partition coefficient (Wildman–Crippen LogP) is 4.35. The monoisotopic (exact) mass is 357 g/mol. The Morgan fingerprint density at radius 1 is 1.24 bits per heavy atom. The van der Waals surface area contributed by atoms with Crippen LogP contribution in [0.25, 0.3) is 11.4 Å². The molecule has 0 bridgehead atoms. The summed E-state index contributed by atoms with van der Waals surface area (Å²) in [6.07, 6.45) is 4.22. The first-order chi connectivity index (χ1) is 12.2. The summed E-state index contributed by atoms with van der Waals surface area (Å²) >= 11 is 6.02. The molecule has 6 nitrogen and oxygen atoms in total. The summed E-state index contributed by atoms with van der Waals surface area (Å²) in [7, 11) is 0. The van der Waals surface area contributed by atoms with Gasteiger partial charge in [-0.2, -0.15) is 4.98 Å². The van der Waals surface area contributed by atoms with Crippen molar-refractivity contribution in [2.45, 2.75) is 25.3 Å². The van der Waals surface area contributed by atoms with Gasteiger partial charge in [0.2, 0.25) is 11.7 Å². The molecule has 4 rings (SSSR count). The maximum atomic E-state index is 12.7. The lowest BCUT2D eigenvalue weighted by molar-refractivity contribution is 0.0529. The molecule has 3 heterocycles. The highest BCUT2D eigenvalue weighted by molar-refractivity contribution is 6.30. The highest BCUT2D eigenvalue weighted by atomic mass is 35.5. The number of nitrogens with zero attached hydrogens (tertiary/aromatic N) is 3. The minimum atomic E-state index is -0.244. The molecule has 128 valence electrons. The minimum absolute atomic E-state index is 0.155. The molecule has 25 heavy (non-hydrogen) atoms. The number of halogens is 1. The fourth-order valence-corrected chi connectivity index (χ4v) is 3.28. The number of piperidine rings is 1. The van der Waals surface area contributed by atoms with Crippen molar-refractivity contribution in [1.82, 2.24) is 15.0 Å². The van der Waals surface area contributed by atoms with E-state index in [1.54, 1.807) is 29.2 Å². The zero-order chi connectivity index (χ0) is 17.2. The van der Waals surface area contributed by atoms with Gasteiger partial charge in [0.05, 0.1) is 6.26 Å². The van der Waals surface area contributed by atoms with Crippen molar-refractivity contribution in [3.05, 3.63) is 59.3 Å². The van der Waals surface area contributed by atoms with Crippen LogP contribution in [-0.2, 0) is 0 Å². The van der Waals surface area contributed by atoms with E-state index >= 15 is 0 Å². The van der Waals surface area contributed by atoms with Gasteiger partial charge in [0, 0.05) is 17.1 Å². The molecule has 2 aromatic heterocycles. The Labute approximate surface area is 149 Å². The van der Waals surface area contributed by atoms with Crippen molar-refractivity contribution in [3.63, 3.8) is 0 Å². The van der Waals surface area contributed by atoms with Gasteiger partial charge in [-0.25, -0.2) is 0 Å². The Morgan fingerprint density at radius 2 is 2.16 bits per heavy atom. The van der Waals surface area contributed by atoms with E-state index in [0.29, 0.717) is 29.0 Å². The van der Waals surface area contributed by atoms with Crippen molar-refractivity contribution < 1.29 is 13.7 Å². The van der Waals surface area contributed by atoms with Gasteiger partial charge >= 0.3 is 0 Å². The molecule has 0 N–H and O–H groups in total. The second-order valence-electron chi connectivity index (χ2n) is 5.95. The lowest BCUT2D eigenvalue weighted by Crippen LogP contribution is -2.38. The molecule has 1 amide bonds. The Balaban J connectivity index is 1.62. The average Bonchev–Trinajstić information content (AvgIpc) is 3.33. The number of carbonyl (C=O) groups excluding carboxylic acids is 1. The van der Waals surface area contributed by atoms with E-state index < -0.39 is 0 Å². The topological polar surface area (TPSA) is 72.4 Å². The van der Waals surface area contributed by atoms with Crippen LogP contribution in [0.5, 0.6) is 0 Å². The lowest BCUT2D eigenvalue weighted by Gasteiger charge is -2.32. The SMILES string of the molecule is O=C(c1ccco1)N1CCCCC1c1nc(-c2cccc(Cl)c2)no1. The van der Waals surface area contributed by atoms with Crippen molar-refractivity contribution in [2.75, 3.05) is 6.54 Å². The maximum absolute atomic E-state index is 12.7. The maximum Gasteiger partial charge on any atom is 0.290 e. The van der Waals surface area contributed by atoms with Crippen LogP contribution in [0.4, 0.5) is 0 Å². The average molecular weight is 358 g/mol. The third kappa shape index (κ3) is 3.17. The molecule has 1 aliphatic rings. The van der Waals surface area contributed by atoms with Crippen LogP contribution in [0.15, 0.2) is 51.6 Å². The van der Waals surface area contributed by atoms with Gasteiger partial charge in [0.25, 0.3) is 5.91 Å². The van der Waals surface area contributed by atoms with Crippen LogP contribution in [0, 0.1) is 0 Å². The van der Waals surface area contributed by atoms with Crippen molar-refractivity contribution >= 4 is 17.5 Å². The minimum Gasteiger partial charge on any atom is -0.459 e. The molecule has 1 atom stereocenters. The molecule has 1 aliphatic heterocycles. The van der Waals surface area contributed by atoms with Crippen molar-refractivity contribution in [1.29, 1.82) is 0 Å². The summed E-state index contributed by atoms with van der Waals surface area (Å²) in [5.74, 6) is 1.07. The standard InChI is InChI=1S/C18H16ClN3O3/c19-13-6-3-5-12(11-13)16-20-17(25-21-16)14-7-1-2-9-22(14)18(23)15-8-4-10-24-15/h3-6,8,10-11,14H,1-2,7,9H2. The summed E-state index contributed by atoms with van der Waals surface area (Å²) < 4.78 is 10.7. The fraction of sp³-hybridized carbons (Fsp3) is 0.278. The van der Waals surface area contributed by atoms with Gasteiger partial charge in [-0.1, -0.05) is 28.9 Å². The van der Waals surface area contributed by atoms with Gasteiger partial charge in [0.1, 0.15) is 6.04 Å². The molecule has 1 saturated heterocycles. The number of likely N-dealkylation sites (tertiary alicyclic amines) is 1. The number of benzene rings is 1. The molecule has 0 spiro atoms. The van der Waals surface area contributed by atoms with Gasteiger partial charge in [-0.05, 0) is 43.5 Å². The summed E-state index contributed by atoms with van der Waals surface area (Å²) in [6, 6.07) is 10.4. The summed E-state index contributed by atoms with van der Waals surface area (Å²) in [6.45, 7) is 0.638. The normalized spacial score (nSPS) is 17.6. The number of aromatic nitrogens is 2. The quantitative estimate of drug-likeness (QED) is 0.696. The smallest absolute Gasteiger partial charge is 0.290 e. The molecule has 0 saturated carbocycles. The molecule has 1 fully saturated rings. The van der Waals surface area contributed by atoms with E-state index in [0.717, 1.165) is 24.8 Å². The summed E-state index contributed by atoms with van der Waals surface area (Å²) in [5.41, 5.74) is 0.780. The van der Waals surface area contributed by atoms with Gasteiger partial charge in [0.15, 0.2) is 5.76 Å². The van der Waals surface area contributed by atoms with Gasteiger partial charge < -0.3 is 13.8 Å². The van der Waals surface area contributed by atoms with E-state index in [2.05, 4.69) is 10.1 Å². The molecule has 0 aliphatic carbocycles. The first-order valence-electron chi connectivity index (χ1n) is 8.16. The number of hydrogen-bond donors (Lipinski definition) is 0. The van der Waals surface area contributed by atoms with Crippen LogP contribution in [0.2, 0.25) is 5.02 Å². The van der Waals surface area contributed by atoms with Crippen LogP contribution < -0.4 is 0 Å². The number of carbonyl (C=O) groups is 1. The molecule has 1 unspecified atom stereocenters. The van der Waals surface area contributed by atoms with E-state index in [4.69, 9.17) is 20.5 Å². The molecule has 1 aromatic carbocycles. The number of furan rings is 1. The predicted molar refractivity (Wildman–Crippen MR) is 91.1 cm³/mol. The summed E-state index contributed by atoms with van der Waals surface area (Å²) in [5, 5.41) is 4.66. The van der Waals surface area contributed by atoms with Crippen LogP contribution in [0.1, 0.15) is 41.7 Å². The van der Waals surface area contributed by atoms with E-state index in [9.17, 15) is 4.79 Å². The molecule has 7 heteroatoms. The summed E-state index contributed by atoms with van der Waals surface area (Å²) in [4.78, 5) is 18.9. The van der Waals surface area contributed by atoms with E-state index in [-0.39, 0.29) is 11.9 Å². The third-order valence-corrected chi connectivity index (χ3v) is 4.54. The second-order valence-corrected chi connectivity index (χ2v) is 6.39. The van der Waals surface area contributed by atoms with Crippen LogP contribution in [0.3, 0.4) is 0 Å². The van der Waals surface area contributed by atoms with E-state index in [1.165, 1.54) is 6.26 Å². The van der Waals surface area contributed by atoms with Crippen LogP contribution in [-0.4, -0.2) is 27.5 Å². The fourth-order valence-electron chi connectivity index (χ4n) is 3.09. The van der Waals surface area contributed by atoms with Crippen LogP contribution >= 0.6 is 11.6 Å². The second kappa shape index (κ2) is 6.72. The largest absolute Gasteiger partial charge is 0.459 e. The Morgan fingerprint density at radius 3 is 2.96 bits per heavy atom. The molecular formula is C18H16ClN3O3. The number of hydrogen-bond acceptors (Lipinski definition) is 5. The molecular weight excluding hydrogens is 342 g/mol. The van der Waals surface area contributed by atoms with E-state index in [1.807, 2.05) is 12.1 Å². The van der Waals surface area contributed by atoms with Crippen molar-refractivity contribution in [3.8, 4) is 11.4 Å². The van der Waals surface area contributed by atoms with Crippen molar-refractivity contribution in [2.24, 2.45) is 0 Å². The molecule has 3 aromatic rings. The Bertz CT molecular complexity index is 875. The highest BCUT2D eigenvalue weighted by Gasteiger charge is 2.33. The highest BCUT2D eigenvalue weighted by Crippen LogP contribution is 2.32. The third-order valence-electron chi connectivity index (χ3n) is 4.31. The first kappa shape index (κ1) is 15.9. The Hall–Kier alpha value is -2.60. The van der Waals surface area contributed by atoms with Gasteiger partial charge in [-0.3, -0.25) is 4.79 Å². The number of amides is 1. The Kier molecular flexibility index (Phi) is 4.28.